The highest BCUT2D eigenvalue weighted by atomic mass is 16.9. The van der Waals surface area contributed by atoms with Gasteiger partial charge in [-0.05, 0) is 25.3 Å². The summed E-state index contributed by atoms with van der Waals surface area (Å²) in [5, 5.41) is 29.8. The van der Waals surface area contributed by atoms with Crippen molar-refractivity contribution in [1.29, 1.82) is 0 Å². The maximum Gasteiger partial charge on any atom is 0.454 e. The highest BCUT2D eigenvalue weighted by Gasteiger charge is 2.26. The first-order valence-corrected chi connectivity index (χ1v) is 9.63. The van der Waals surface area contributed by atoms with Crippen LogP contribution in [0.1, 0.15) is 18.4 Å². The first kappa shape index (κ1) is 22.6. The molecule has 1 fully saturated rings. The Morgan fingerprint density at radius 2 is 1.94 bits per heavy atom. The normalized spacial score (nSPS) is 14.8. The van der Waals surface area contributed by atoms with Crippen LogP contribution in [0.3, 0.4) is 0 Å². The molecular formula is C19H26N6O6. The monoisotopic (exact) mass is 434 g/mol. The van der Waals surface area contributed by atoms with Gasteiger partial charge in [0.25, 0.3) is 0 Å². The first-order valence-electron chi connectivity index (χ1n) is 9.63. The molecule has 3 heterocycles. The Labute approximate surface area is 179 Å². The van der Waals surface area contributed by atoms with E-state index in [0.717, 1.165) is 6.41 Å². The van der Waals surface area contributed by atoms with E-state index in [9.17, 15) is 4.79 Å². The summed E-state index contributed by atoms with van der Waals surface area (Å²) >= 11 is 0. The number of nitrogens with one attached hydrogen (secondary N) is 1. The van der Waals surface area contributed by atoms with Gasteiger partial charge in [-0.1, -0.05) is 0 Å². The van der Waals surface area contributed by atoms with Gasteiger partial charge in [0.05, 0.1) is 23.8 Å². The van der Waals surface area contributed by atoms with Gasteiger partial charge in [-0.25, -0.2) is 9.97 Å². The van der Waals surface area contributed by atoms with E-state index in [1.807, 2.05) is 19.0 Å². The van der Waals surface area contributed by atoms with Crippen LogP contribution in [-0.2, 0) is 9.53 Å². The molecular weight excluding hydrogens is 408 g/mol. The number of aryl methyl sites for hydroxylation is 1. The lowest BCUT2D eigenvalue weighted by Gasteiger charge is -2.32. The fraction of sp³-hybridized carbons (Fsp3) is 0.474. The highest BCUT2D eigenvalue weighted by Crippen LogP contribution is 2.31. The predicted octanol–water partition coefficient (Wildman–Crippen LogP) is 0.0984. The molecule has 0 atom stereocenters. The van der Waals surface area contributed by atoms with E-state index in [0.29, 0.717) is 48.8 Å². The Morgan fingerprint density at radius 3 is 2.52 bits per heavy atom. The van der Waals surface area contributed by atoms with Gasteiger partial charge in [-0.3, -0.25) is 9.69 Å². The smallest absolute Gasteiger partial charge is 0.399 e. The van der Waals surface area contributed by atoms with Gasteiger partial charge in [0.2, 0.25) is 18.2 Å². The van der Waals surface area contributed by atoms with Crippen LogP contribution in [0.2, 0.25) is 0 Å². The Hall–Kier alpha value is -3.06. The van der Waals surface area contributed by atoms with Crippen molar-refractivity contribution in [3.8, 4) is 5.88 Å². The van der Waals surface area contributed by atoms with E-state index >= 15 is 0 Å². The van der Waals surface area contributed by atoms with Crippen LogP contribution in [0.5, 0.6) is 5.88 Å². The molecule has 0 saturated carbocycles. The zero-order valence-electron chi connectivity index (χ0n) is 17.5. The van der Waals surface area contributed by atoms with Gasteiger partial charge in [-0.2, -0.15) is 4.98 Å². The summed E-state index contributed by atoms with van der Waals surface area (Å²) in [6.07, 6.45) is 1.87. The van der Waals surface area contributed by atoms with Crippen LogP contribution >= 0.6 is 0 Å². The molecule has 1 amide bonds. The third-order valence-corrected chi connectivity index (χ3v) is 4.75. The molecule has 1 saturated heterocycles. The van der Waals surface area contributed by atoms with Crippen molar-refractivity contribution >= 4 is 29.6 Å². The highest BCUT2D eigenvalue weighted by molar-refractivity contribution is 5.82. The molecule has 3 rings (SSSR count). The van der Waals surface area contributed by atoms with Gasteiger partial charge < -0.3 is 35.0 Å². The Morgan fingerprint density at radius 1 is 1.23 bits per heavy atom. The first-order chi connectivity index (χ1) is 14.7. The van der Waals surface area contributed by atoms with Crippen molar-refractivity contribution in [2.45, 2.75) is 32.0 Å². The topological polar surface area (TPSA) is 153 Å². The lowest BCUT2D eigenvalue weighted by Crippen LogP contribution is -2.40. The van der Waals surface area contributed by atoms with E-state index in [2.05, 4.69) is 25.0 Å². The van der Waals surface area contributed by atoms with Gasteiger partial charge >= 0.3 is 6.16 Å². The molecule has 0 radical (unpaired) electrons. The maximum atomic E-state index is 12.0. The van der Waals surface area contributed by atoms with E-state index in [1.54, 1.807) is 18.0 Å². The third kappa shape index (κ3) is 5.76. The summed E-state index contributed by atoms with van der Waals surface area (Å²) in [6.45, 7) is 2.89. The number of amides is 1. The second kappa shape index (κ2) is 9.39. The predicted molar refractivity (Wildman–Crippen MR) is 111 cm³/mol. The number of aliphatic hydroxyl groups is 3. The molecule has 0 spiro atoms. The molecule has 4 N–H and O–H groups in total. The summed E-state index contributed by atoms with van der Waals surface area (Å²) < 4.78 is 9.90. The molecule has 1 aliphatic heterocycles. The number of anilines is 4. The van der Waals surface area contributed by atoms with Crippen molar-refractivity contribution in [2.24, 2.45) is 0 Å². The SMILES string of the molecule is Cc1cc(OC(O)(O)O)ncc1Nc1ncc(N(C)C)c(N(C=O)C2CCOCC2)n1. The Bertz CT molecular complexity index is 913. The van der Waals surface area contributed by atoms with Crippen molar-refractivity contribution in [2.75, 3.05) is 42.4 Å². The molecule has 0 aromatic carbocycles. The van der Waals surface area contributed by atoms with Crippen LogP contribution in [0.25, 0.3) is 0 Å². The van der Waals surface area contributed by atoms with E-state index < -0.39 is 6.16 Å². The second-order valence-corrected chi connectivity index (χ2v) is 7.29. The molecule has 168 valence electrons. The molecule has 0 aliphatic carbocycles. The molecule has 12 heteroatoms. The number of rotatable bonds is 8. The summed E-state index contributed by atoms with van der Waals surface area (Å²) in [5.41, 5.74) is 1.83. The minimum Gasteiger partial charge on any atom is -0.399 e. The van der Waals surface area contributed by atoms with Crippen molar-refractivity contribution in [3.05, 3.63) is 24.0 Å². The second-order valence-electron chi connectivity index (χ2n) is 7.29. The summed E-state index contributed by atoms with van der Waals surface area (Å²) in [6, 6.07) is 1.37. The fourth-order valence-electron chi connectivity index (χ4n) is 3.18. The van der Waals surface area contributed by atoms with E-state index in [1.165, 1.54) is 12.3 Å². The Balaban J connectivity index is 1.89. The average molecular weight is 434 g/mol. The maximum absolute atomic E-state index is 12.0. The molecule has 2 aromatic rings. The van der Waals surface area contributed by atoms with Crippen LogP contribution in [-0.4, -0.2) is 76.2 Å². The summed E-state index contributed by atoms with van der Waals surface area (Å²) in [7, 11) is 3.69. The molecule has 12 nitrogen and oxygen atoms in total. The zero-order chi connectivity index (χ0) is 22.6. The van der Waals surface area contributed by atoms with Crippen molar-refractivity contribution in [3.63, 3.8) is 0 Å². The lowest BCUT2D eigenvalue weighted by atomic mass is 10.1. The lowest BCUT2D eigenvalue weighted by molar-refractivity contribution is -0.420. The largest absolute Gasteiger partial charge is 0.454 e. The number of ether oxygens (including phenoxy) is 2. The summed E-state index contributed by atoms with van der Waals surface area (Å²) in [4.78, 5) is 28.2. The van der Waals surface area contributed by atoms with Crippen LogP contribution < -0.4 is 19.9 Å². The van der Waals surface area contributed by atoms with Gasteiger partial charge in [0.1, 0.15) is 0 Å². The molecule has 1 aliphatic rings. The van der Waals surface area contributed by atoms with Gasteiger partial charge in [0.15, 0.2) is 5.82 Å². The van der Waals surface area contributed by atoms with Gasteiger partial charge in [0, 0.05) is 39.4 Å². The van der Waals surface area contributed by atoms with Crippen LogP contribution in [0, 0.1) is 6.92 Å². The van der Waals surface area contributed by atoms with Crippen LogP contribution in [0.4, 0.5) is 23.1 Å². The molecule has 0 unspecified atom stereocenters. The third-order valence-electron chi connectivity index (χ3n) is 4.75. The zero-order valence-corrected chi connectivity index (χ0v) is 17.5. The number of aromatic nitrogens is 3. The number of hydrogen-bond donors (Lipinski definition) is 4. The van der Waals surface area contributed by atoms with Gasteiger partial charge in [-0.15, -0.1) is 0 Å². The number of carbonyl (C=O) groups excluding carboxylic acids is 1. The Kier molecular flexibility index (Phi) is 6.85. The quantitative estimate of drug-likeness (QED) is 0.330. The van der Waals surface area contributed by atoms with Crippen molar-refractivity contribution in [1.82, 2.24) is 15.0 Å². The van der Waals surface area contributed by atoms with Crippen molar-refractivity contribution < 1.29 is 29.6 Å². The standard InChI is InChI=1S/C19H26N6O6/c1-12-8-16(31-19(27,28)29)20-9-14(12)22-18-21-10-15(24(2)3)17(23-18)25(11-26)13-4-6-30-7-5-13/h8-11,13,27-29H,4-7H2,1-3H3,(H,21,22,23). The van der Waals surface area contributed by atoms with E-state index in [4.69, 9.17) is 20.1 Å². The minimum absolute atomic E-state index is 0.0248. The van der Waals surface area contributed by atoms with E-state index in [-0.39, 0.29) is 17.9 Å². The number of hydrogen-bond acceptors (Lipinski definition) is 11. The van der Waals surface area contributed by atoms with Crippen LogP contribution in [0.15, 0.2) is 18.5 Å². The number of pyridine rings is 1. The molecule has 31 heavy (non-hydrogen) atoms. The fourth-order valence-corrected chi connectivity index (χ4v) is 3.18. The number of carbonyl (C=O) groups is 1. The molecule has 2 aromatic heterocycles. The average Bonchev–Trinajstić information content (AvgIpc) is 2.70. The molecule has 0 bridgehead atoms. The number of nitrogens with zero attached hydrogens (tertiary/aromatic N) is 5. The minimum atomic E-state index is -3.32. The summed E-state index contributed by atoms with van der Waals surface area (Å²) in [5.74, 6) is 0.534.